The van der Waals surface area contributed by atoms with Gasteiger partial charge >= 0.3 is 11.9 Å². The number of rotatable bonds is 8. The zero-order valence-electron chi connectivity index (χ0n) is 13.4. The normalized spacial score (nSPS) is 15.7. The van der Waals surface area contributed by atoms with E-state index in [9.17, 15) is 14.4 Å². The number of nitrogens with one attached hydrogen (secondary N) is 1. The predicted molar refractivity (Wildman–Crippen MR) is 81.6 cm³/mol. The van der Waals surface area contributed by atoms with Crippen LogP contribution in [0.5, 0.6) is 0 Å². The van der Waals surface area contributed by atoms with Crippen molar-refractivity contribution < 1.29 is 24.2 Å². The number of hydrogen-bond donors (Lipinski definition) is 3. The van der Waals surface area contributed by atoms with E-state index in [0.717, 1.165) is 0 Å². The Morgan fingerprint density at radius 1 is 1.33 bits per heavy atom. The molecule has 0 aromatic carbocycles. The van der Waals surface area contributed by atoms with E-state index in [2.05, 4.69) is 25.0 Å². The minimum atomic E-state index is -1.69. The molecule has 2 atom stereocenters. The number of carbonyl (C=O) groups excluding carboxylic acids is 2. The summed E-state index contributed by atoms with van der Waals surface area (Å²) in [7, 11) is -1.69. The molecule has 0 radical (unpaired) electrons. The second-order valence-corrected chi connectivity index (χ2v) is 12.0. The van der Waals surface area contributed by atoms with Gasteiger partial charge in [-0.05, 0) is 19.9 Å². The van der Waals surface area contributed by atoms with Crippen molar-refractivity contribution in [1.82, 2.24) is 5.32 Å². The first kappa shape index (κ1) is 19.6. The maximum Gasteiger partial charge on any atom is 0.331 e. The Bertz CT molecular complexity index is 408. The molecule has 21 heavy (non-hydrogen) atoms. The molecular formula is C13H26N2O5Si. The highest BCUT2D eigenvalue weighted by molar-refractivity contribution is 6.76. The van der Waals surface area contributed by atoms with Gasteiger partial charge in [-0.3, -0.25) is 9.59 Å². The molecule has 0 heterocycles. The summed E-state index contributed by atoms with van der Waals surface area (Å²) in [5, 5.41) is 11.2. The molecule has 8 heteroatoms. The van der Waals surface area contributed by atoms with Crippen molar-refractivity contribution in [3.63, 3.8) is 0 Å². The number of esters is 1. The third-order valence-electron chi connectivity index (χ3n) is 2.74. The van der Waals surface area contributed by atoms with Crippen LogP contribution in [0.1, 0.15) is 20.3 Å². The molecule has 4 N–H and O–H groups in total. The number of carbonyl (C=O) groups is 3. The van der Waals surface area contributed by atoms with Crippen molar-refractivity contribution in [3.05, 3.63) is 0 Å². The van der Waals surface area contributed by atoms with Gasteiger partial charge in [0.05, 0.1) is 19.1 Å². The largest absolute Gasteiger partial charge is 0.481 e. The molecule has 1 amide bonds. The van der Waals surface area contributed by atoms with E-state index in [4.69, 9.17) is 15.6 Å². The fourth-order valence-corrected chi connectivity index (χ4v) is 4.52. The van der Waals surface area contributed by atoms with Crippen molar-refractivity contribution >= 4 is 25.9 Å². The summed E-state index contributed by atoms with van der Waals surface area (Å²) < 4.78 is 5.03. The van der Waals surface area contributed by atoms with Gasteiger partial charge in [0.1, 0.15) is 5.54 Å². The fourth-order valence-electron chi connectivity index (χ4n) is 2.16. The van der Waals surface area contributed by atoms with Crippen LogP contribution in [0, 0.1) is 0 Å². The van der Waals surface area contributed by atoms with Crippen LogP contribution in [0.3, 0.4) is 0 Å². The van der Waals surface area contributed by atoms with Crippen molar-refractivity contribution in [3.8, 4) is 0 Å². The second-order valence-electron chi connectivity index (χ2n) is 6.48. The first-order valence-electron chi connectivity index (χ1n) is 6.88. The maximum absolute atomic E-state index is 12.2. The van der Waals surface area contributed by atoms with Crippen LogP contribution >= 0.6 is 0 Å². The van der Waals surface area contributed by atoms with E-state index >= 15 is 0 Å². The van der Waals surface area contributed by atoms with E-state index in [0.29, 0.717) is 6.04 Å². The maximum atomic E-state index is 12.2. The molecule has 7 nitrogen and oxygen atoms in total. The lowest BCUT2D eigenvalue weighted by atomic mass is 10.0. The lowest BCUT2D eigenvalue weighted by molar-refractivity contribution is -0.152. The van der Waals surface area contributed by atoms with Crippen molar-refractivity contribution in [2.45, 2.75) is 57.5 Å². The van der Waals surface area contributed by atoms with Gasteiger partial charge < -0.3 is 20.9 Å². The number of nitrogens with two attached hydrogens (primary N) is 1. The smallest absolute Gasteiger partial charge is 0.331 e. The van der Waals surface area contributed by atoms with E-state index in [1.54, 1.807) is 13.8 Å². The topological polar surface area (TPSA) is 119 Å². The van der Waals surface area contributed by atoms with E-state index in [1.807, 2.05) is 0 Å². The van der Waals surface area contributed by atoms with Gasteiger partial charge in [0.15, 0.2) is 0 Å². The first-order chi connectivity index (χ1) is 9.41. The van der Waals surface area contributed by atoms with Gasteiger partial charge in [0, 0.05) is 8.07 Å². The molecule has 0 aromatic rings. The Kier molecular flexibility index (Phi) is 7.05. The number of carboxylic acids is 1. The molecule has 122 valence electrons. The molecular weight excluding hydrogens is 292 g/mol. The fraction of sp³-hybridized carbons (Fsp3) is 0.769. The number of amides is 1. The van der Waals surface area contributed by atoms with Gasteiger partial charge in [0.25, 0.3) is 0 Å². The minimum Gasteiger partial charge on any atom is -0.481 e. The van der Waals surface area contributed by atoms with Crippen molar-refractivity contribution in [1.29, 1.82) is 0 Å². The Hall–Kier alpha value is -1.41. The Morgan fingerprint density at radius 3 is 2.24 bits per heavy atom. The van der Waals surface area contributed by atoms with Crippen molar-refractivity contribution in [2.75, 3.05) is 6.61 Å². The molecule has 0 saturated heterocycles. The highest BCUT2D eigenvalue weighted by atomic mass is 28.3. The summed E-state index contributed by atoms with van der Waals surface area (Å²) >= 11 is 0. The van der Waals surface area contributed by atoms with Gasteiger partial charge in [-0.25, -0.2) is 4.79 Å². The first-order valence-corrected chi connectivity index (χ1v) is 10.6. The number of carboxylic acid groups (broad SMARTS) is 1. The predicted octanol–water partition coefficient (Wildman–Crippen LogP) is 0.565. The lowest BCUT2D eigenvalue weighted by Crippen LogP contribution is -2.59. The number of hydrogen-bond acceptors (Lipinski definition) is 5. The van der Waals surface area contributed by atoms with Crippen LogP contribution in [0.2, 0.25) is 25.7 Å². The van der Waals surface area contributed by atoms with Gasteiger partial charge in [-0.2, -0.15) is 0 Å². The highest BCUT2D eigenvalue weighted by Gasteiger charge is 2.41. The molecule has 0 rings (SSSR count). The van der Waals surface area contributed by atoms with Gasteiger partial charge in [-0.1, -0.05) is 19.6 Å². The van der Waals surface area contributed by atoms with Crippen LogP contribution in [0.15, 0.2) is 0 Å². The third kappa shape index (κ3) is 7.23. The van der Waals surface area contributed by atoms with Crippen LogP contribution in [0.25, 0.3) is 0 Å². The molecule has 0 bridgehead atoms. The summed E-state index contributed by atoms with van der Waals surface area (Å²) in [6.45, 7) is 9.67. The highest BCUT2D eigenvalue weighted by Crippen LogP contribution is 2.22. The summed E-state index contributed by atoms with van der Waals surface area (Å²) in [4.78, 5) is 34.7. The molecule has 0 spiro atoms. The summed E-state index contributed by atoms with van der Waals surface area (Å²) in [5.41, 5.74) is 4.34. The number of ether oxygens (including phenoxy) is 1. The van der Waals surface area contributed by atoms with Crippen LogP contribution in [-0.2, 0) is 19.1 Å². The number of aliphatic carboxylic acids is 1. The van der Waals surface area contributed by atoms with Crippen LogP contribution in [0.4, 0.5) is 0 Å². The zero-order valence-corrected chi connectivity index (χ0v) is 14.4. The molecule has 0 fully saturated rings. The minimum absolute atomic E-state index is 0.206. The van der Waals surface area contributed by atoms with E-state index < -0.39 is 43.9 Å². The lowest BCUT2D eigenvalue weighted by Gasteiger charge is -2.34. The monoisotopic (exact) mass is 318 g/mol. The average Bonchev–Trinajstić information content (AvgIpc) is 2.25. The van der Waals surface area contributed by atoms with Crippen molar-refractivity contribution in [2.24, 2.45) is 5.73 Å². The Balaban J connectivity index is 5.10. The van der Waals surface area contributed by atoms with Gasteiger partial charge in [-0.15, -0.1) is 0 Å². The second kappa shape index (κ2) is 7.55. The quantitative estimate of drug-likeness (QED) is 0.444. The average molecular weight is 318 g/mol. The third-order valence-corrected chi connectivity index (χ3v) is 4.51. The molecule has 0 aliphatic carbocycles. The standard InChI is InChI=1S/C13H26N2O5Si/c1-6-20-12(19)13(2,8-21(3,4)5)15-11(18)9(14)7-10(16)17/h9H,6-8,14H2,1-5H3,(H,15,18)(H,16,17)/t9-,13-/m0/s1. The SMILES string of the molecule is CCOC(=O)[C@](C)(C[Si](C)(C)C)NC(=O)[C@@H](N)CC(=O)O. The molecule has 0 aromatic heterocycles. The summed E-state index contributed by atoms with van der Waals surface area (Å²) in [6.07, 6.45) is -0.488. The van der Waals surface area contributed by atoms with E-state index in [1.165, 1.54) is 0 Å². The van der Waals surface area contributed by atoms with Crippen LogP contribution in [-0.4, -0.2) is 49.2 Å². The molecule has 0 aliphatic heterocycles. The molecule has 0 unspecified atom stereocenters. The molecule has 0 aliphatic rings. The Morgan fingerprint density at radius 2 is 1.86 bits per heavy atom. The summed E-state index contributed by atoms with van der Waals surface area (Å²) in [5.74, 6) is -2.35. The summed E-state index contributed by atoms with van der Waals surface area (Å²) in [6, 6.07) is -0.720. The Labute approximate surface area is 126 Å². The van der Waals surface area contributed by atoms with E-state index in [-0.39, 0.29) is 6.61 Å². The molecule has 0 saturated carbocycles. The van der Waals surface area contributed by atoms with Gasteiger partial charge in [0.2, 0.25) is 5.91 Å². The zero-order chi connectivity index (χ0) is 16.8. The van der Waals surface area contributed by atoms with Crippen LogP contribution < -0.4 is 11.1 Å².